The standard InChI is InChI=1S/C14H27N3O2/c1-10(2)6-7-11-4-3-5-12(11)17-14(19)9-16-13(18)8-15/h10-12H,3-9,15H2,1-2H3,(H,16,18)(H,17,19). The van der Waals surface area contributed by atoms with E-state index in [1.54, 1.807) is 0 Å². The molecule has 5 heteroatoms. The molecule has 0 spiro atoms. The fourth-order valence-electron chi connectivity index (χ4n) is 2.63. The van der Waals surface area contributed by atoms with E-state index in [9.17, 15) is 9.59 Å². The molecule has 0 heterocycles. The van der Waals surface area contributed by atoms with Crippen molar-refractivity contribution >= 4 is 11.8 Å². The lowest BCUT2D eigenvalue weighted by atomic mass is 9.93. The topological polar surface area (TPSA) is 84.2 Å². The van der Waals surface area contributed by atoms with Crippen LogP contribution < -0.4 is 16.4 Å². The van der Waals surface area contributed by atoms with Gasteiger partial charge in [0.1, 0.15) is 0 Å². The summed E-state index contributed by atoms with van der Waals surface area (Å²) in [7, 11) is 0. The summed E-state index contributed by atoms with van der Waals surface area (Å²) in [5.74, 6) is 0.901. The molecule has 0 saturated heterocycles. The molecule has 0 aliphatic heterocycles. The summed E-state index contributed by atoms with van der Waals surface area (Å²) in [6.45, 7) is 4.41. The molecule has 0 bridgehead atoms. The van der Waals surface area contributed by atoms with E-state index in [1.807, 2.05) is 0 Å². The highest BCUT2D eigenvalue weighted by Gasteiger charge is 2.28. The van der Waals surface area contributed by atoms with Gasteiger partial charge >= 0.3 is 0 Å². The molecule has 2 unspecified atom stereocenters. The Balaban J connectivity index is 2.29. The Morgan fingerprint density at radius 1 is 1.26 bits per heavy atom. The van der Waals surface area contributed by atoms with E-state index in [4.69, 9.17) is 5.73 Å². The average Bonchev–Trinajstić information content (AvgIpc) is 2.80. The lowest BCUT2D eigenvalue weighted by Gasteiger charge is -2.21. The van der Waals surface area contributed by atoms with Crippen molar-refractivity contribution in [3.63, 3.8) is 0 Å². The second-order valence-electron chi connectivity index (χ2n) is 5.82. The second-order valence-corrected chi connectivity index (χ2v) is 5.82. The van der Waals surface area contributed by atoms with E-state index >= 15 is 0 Å². The Hall–Kier alpha value is -1.10. The van der Waals surface area contributed by atoms with E-state index in [2.05, 4.69) is 24.5 Å². The molecule has 2 atom stereocenters. The van der Waals surface area contributed by atoms with Gasteiger partial charge in [-0.25, -0.2) is 0 Å². The number of hydrogen-bond acceptors (Lipinski definition) is 3. The Morgan fingerprint density at radius 3 is 2.63 bits per heavy atom. The Kier molecular flexibility index (Phi) is 6.84. The fraction of sp³-hybridized carbons (Fsp3) is 0.857. The Bertz CT molecular complexity index is 305. The van der Waals surface area contributed by atoms with Crippen molar-refractivity contribution in [3.8, 4) is 0 Å². The predicted octanol–water partition coefficient (Wildman–Crippen LogP) is 0.782. The molecule has 4 N–H and O–H groups in total. The summed E-state index contributed by atoms with van der Waals surface area (Å²) >= 11 is 0. The highest BCUT2D eigenvalue weighted by atomic mass is 16.2. The molecule has 5 nitrogen and oxygen atoms in total. The van der Waals surface area contributed by atoms with Gasteiger partial charge in [0.2, 0.25) is 11.8 Å². The highest BCUT2D eigenvalue weighted by Crippen LogP contribution is 2.30. The molecule has 19 heavy (non-hydrogen) atoms. The number of nitrogens with two attached hydrogens (primary N) is 1. The van der Waals surface area contributed by atoms with E-state index in [-0.39, 0.29) is 30.9 Å². The first kappa shape index (κ1) is 16.0. The van der Waals surface area contributed by atoms with Crippen LogP contribution >= 0.6 is 0 Å². The first-order valence-electron chi connectivity index (χ1n) is 7.29. The molecule has 1 aliphatic rings. The predicted molar refractivity (Wildman–Crippen MR) is 75.4 cm³/mol. The number of hydrogen-bond donors (Lipinski definition) is 3. The molecule has 1 saturated carbocycles. The largest absolute Gasteiger partial charge is 0.352 e. The third kappa shape index (κ3) is 6.05. The molecular formula is C14H27N3O2. The first-order chi connectivity index (χ1) is 9.02. The molecule has 0 aromatic rings. The van der Waals surface area contributed by atoms with Gasteiger partial charge in [-0.3, -0.25) is 9.59 Å². The highest BCUT2D eigenvalue weighted by molar-refractivity contribution is 5.85. The zero-order valence-corrected chi connectivity index (χ0v) is 12.1. The van der Waals surface area contributed by atoms with Crippen molar-refractivity contribution in [2.75, 3.05) is 13.1 Å². The lowest BCUT2D eigenvalue weighted by Crippen LogP contribution is -2.44. The maximum atomic E-state index is 11.7. The SMILES string of the molecule is CC(C)CCC1CCCC1NC(=O)CNC(=O)CN. The van der Waals surface area contributed by atoms with Gasteiger partial charge in [-0.2, -0.15) is 0 Å². The number of nitrogens with one attached hydrogen (secondary N) is 2. The van der Waals surface area contributed by atoms with Crippen LogP contribution in [0.15, 0.2) is 0 Å². The van der Waals surface area contributed by atoms with Crippen molar-refractivity contribution in [3.05, 3.63) is 0 Å². The normalized spacial score (nSPS) is 22.5. The summed E-state index contributed by atoms with van der Waals surface area (Å²) in [5.41, 5.74) is 5.17. The molecule has 1 aliphatic carbocycles. The van der Waals surface area contributed by atoms with Crippen LogP contribution in [0.4, 0.5) is 0 Å². The molecule has 110 valence electrons. The summed E-state index contributed by atoms with van der Waals surface area (Å²) < 4.78 is 0. The lowest BCUT2D eigenvalue weighted by molar-refractivity contribution is -0.125. The van der Waals surface area contributed by atoms with Gasteiger partial charge in [0.15, 0.2) is 0 Å². The van der Waals surface area contributed by atoms with Crippen LogP contribution in [0.5, 0.6) is 0 Å². The van der Waals surface area contributed by atoms with Crippen molar-refractivity contribution in [2.24, 2.45) is 17.6 Å². The summed E-state index contributed by atoms with van der Waals surface area (Å²) in [4.78, 5) is 22.7. The van der Waals surface area contributed by atoms with Crippen LogP contribution in [0, 0.1) is 11.8 Å². The molecule has 2 amide bonds. The van der Waals surface area contributed by atoms with E-state index in [1.165, 1.54) is 25.7 Å². The molecule has 0 aromatic carbocycles. The second kappa shape index (κ2) is 8.15. The zero-order chi connectivity index (χ0) is 14.3. The Labute approximate surface area is 115 Å². The van der Waals surface area contributed by atoms with E-state index in [0.29, 0.717) is 11.8 Å². The Morgan fingerprint density at radius 2 is 2.00 bits per heavy atom. The minimum Gasteiger partial charge on any atom is -0.352 e. The minimum atomic E-state index is -0.294. The van der Waals surface area contributed by atoms with Crippen molar-refractivity contribution in [2.45, 2.75) is 52.0 Å². The molecule has 1 fully saturated rings. The van der Waals surface area contributed by atoms with Crippen LogP contribution in [0.3, 0.4) is 0 Å². The van der Waals surface area contributed by atoms with Gasteiger partial charge in [-0.1, -0.05) is 26.7 Å². The minimum absolute atomic E-state index is 0.0312. The zero-order valence-electron chi connectivity index (χ0n) is 12.1. The number of rotatable bonds is 7. The van der Waals surface area contributed by atoms with E-state index < -0.39 is 0 Å². The summed E-state index contributed by atoms with van der Waals surface area (Å²) in [6, 6.07) is 0.279. The molecule has 1 rings (SSSR count). The maximum absolute atomic E-state index is 11.7. The molecule has 0 radical (unpaired) electrons. The number of amides is 2. The quantitative estimate of drug-likeness (QED) is 0.638. The van der Waals surface area contributed by atoms with Crippen molar-refractivity contribution < 1.29 is 9.59 Å². The number of carbonyl (C=O) groups is 2. The first-order valence-corrected chi connectivity index (χ1v) is 7.29. The van der Waals surface area contributed by atoms with Gasteiger partial charge in [-0.15, -0.1) is 0 Å². The smallest absolute Gasteiger partial charge is 0.239 e. The van der Waals surface area contributed by atoms with Crippen molar-refractivity contribution in [1.29, 1.82) is 0 Å². The van der Waals surface area contributed by atoms with Crippen LogP contribution in [0.1, 0.15) is 46.0 Å². The van der Waals surface area contributed by atoms with Crippen LogP contribution in [-0.2, 0) is 9.59 Å². The molecule has 0 aromatic heterocycles. The monoisotopic (exact) mass is 269 g/mol. The van der Waals surface area contributed by atoms with Gasteiger partial charge in [0.25, 0.3) is 0 Å². The van der Waals surface area contributed by atoms with Gasteiger partial charge in [0.05, 0.1) is 13.1 Å². The molecular weight excluding hydrogens is 242 g/mol. The summed E-state index contributed by atoms with van der Waals surface area (Å²) in [5, 5.41) is 5.53. The van der Waals surface area contributed by atoms with Crippen molar-refractivity contribution in [1.82, 2.24) is 10.6 Å². The van der Waals surface area contributed by atoms with Gasteiger partial charge < -0.3 is 16.4 Å². The third-order valence-corrected chi connectivity index (χ3v) is 3.75. The fourth-order valence-corrected chi connectivity index (χ4v) is 2.63. The average molecular weight is 269 g/mol. The van der Waals surface area contributed by atoms with Gasteiger partial charge in [-0.05, 0) is 31.1 Å². The van der Waals surface area contributed by atoms with Crippen LogP contribution in [0.2, 0.25) is 0 Å². The van der Waals surface area contributed by atoms with Gasteiger partial charge in [0, 0.05) is 6.04 Å². The van der Waals surface area contributed by atoms with Crippen LogP contribution in [0.25, 0.3) is 0 Å². The van der Waals surface area contributed by atoms with Crippen LogP contribution in [-0.4, -0.2) is 30.9 Å². The van der Waals surface area contributed by atoms with E-state index in [0.717, 1.165) is 6.42 Å². The third-order valence-electron chi connectivity index (χ3n) is 3.75. The maximum Gasteiger partial charge on any atom is 0.239 e. The summed E-state index contributed by atoms with van der Waals surface area (Å²) in [6.07, 6.45) is 5.83. The number of carbonyl (C=O) groups excluding carboxylic acids is 2.